The van der Waals surface area contributed by atoms with Crippen LogP contribution in [0, 0.1) is 0 Å². The van der Waals surface area contributed by atoms with E-state index >= 15 is 0 Å². The third-order valence-corrected chi connectivity index (χ3v) is 9.36. The van der Waals surface area contributed by atoms with Crippen molar-refractivity contribution in [2.24, 2.45) is 0 Å². The van der Waals surface area contributed by atoms with Gasteiger partial charge >= 0.3 is 0 Å². The molecule has 1 aliphatic heterocycles. The van der Waals surface area contributed by atoms with Crippen molar-refractivity contribution < 1.29 is 8.42 Å². The largest absolute Gasteiger partial charge is 0.308 e. The van der Waals surface area contributed by atoms with Crippen molar-refractivity contribution in [2.45, 2.75) is 56.2 Å². The first-order valence-electron chi connectivity index (χ1n) is 9.69. The number of hydrogen-bond acceptors (Lipinski definition) is 5. The summed E-state index contributed by atoms with van der Waals surface area (Å²) in [4.78, 5) is 6.23. The van der Waals surface area contributed by atoms with Gasteiger partial charge in [-0.2, -0.15) is 0 Å². The third kappa shape index (κ3) is 4.56. The van der Waals surface area contributed by atoms with Gasteiger partial charge in [-0.05, 0) is 49.8 Å². The zero-order chi connectivity index (χ0) is 18.9. The molecule has 146 valence electrons. The van der Waals surface area contributed by atoms with Gasteiger partial charge in [0, 0.05) is 22.9 Å². The number of thiazole rings is 1. The molecular formula is C20H25ClN2O2S2. The molecule has 1 unspecified atom stereocenters. The van der Waals surface area contributed by atoms with Crippen molar-refractivity contribution in [1.82, 2.24) is 10.3 Å². The van der Waals surface area contributed by atoms with Crippen LogP contribution in [0.25, 0.3) is 0 Å². The lowest BCUT2D eigenvalue weighted by Gasteiger charge is -2.24. The third-order valence-electron chi connectivity index (χ3n) is 5.58. The fraction of sp³-hybridized carbons (Fsp3) is 0.550. The minimum atomic E-state index is -2.90. The van der Waals surface area contributed by atoms with Gasteiger partial charge in [0.1, 0.15) is 0 Å². The Morgan fingerprint density at radius 2 is 2.00 bits per heavy atom. The summed E-state index contributed by atoms with van der Waals surface area (Å²) in [7, 11) is -2.90. The van der Waals surface area contributed by atoms with Crippen molar-refractivity contribution in [2.75, 3.05) is 12.3 Å². The number of rotatable bonds is 7. The van der Waals surface area contributed by atoms with Crippen LogP contribution in [0.15, 0.2) is 24.3 Å². The monoisotopic (exact) mass is 424 g/mol. The SMILES string of the molecule is O=S(=O)(CCCc1nc2c(s1)CCNC2Cc1ccc(Cl)cc1)C1CCC1. The molecule has 1 saturated carbocycles. The maximum atomic E-state index is 12.2. The number of halogens is 1. The number of aryl methyl sites for hydroxylation is 1. The first-order chi connectivity index (χ1) is 13.0. The highest BCUT2D eigenvalue weighted by atomic mass is 35.5. The predicted octanol–water partition coefficient (Wildman–Crippen LogP) is 4.13. The zero-order valence-corrected chi connectivity index (χ0v) is 17.7. The molecule has 7 heteroatoms. The summed E-state index contributed by atoms with van der Waals surface area (Å²) in [5, 5.41) is 5.33. The van der Waals surface area contributed by atoms with Crippen LogP contribution in [0.3, 0.4) is 0 Å². The molecule has 1 aromatic carbocycles. The number of aromatic nitrogens is 1. The average Bonchev–Trinajstić information content (AvgIpc) is 2.98. The van der Waals surface area contributed by atoms with E-state index in [1.165, 1.54) is 10.4 Å². The van der Waals surface area contributed by atoms with Crippen LogP contribution in [0.1, 0.15) is 52.9 Å². The molecular weight excluding hydrogens is 400 g/mol. The van der Waals surface area contributed by atoms with E-state index in [0.717, 1.165) is 60.8 Å². The van der Waals surface area contributed by atoms with E-state index in [1.807, 2.05) is 12.1 Å². The van der Waals surface area contributed by atoms with Crippen molar-refractivity contribution in [3.63, 3.8) is 0 Å². The smallest absolute Gasteiger partial charge is 0.153 e. The second kappa shape index (κ2) is 8.19. The van der Waals surface area contributed by atoms with Crippen molar-refractivity contribution in [3.8, 4) is 0 Å². The zero-order valence-electron chi connectivity index (χ0n) is 15.3. The molecule has 1 fully saturated rings. The molecule has 0 spiro atoms. The average molecular weight is 425 g/mol. The maximum absolute atomic E-state index is 12.2. The number of sulfone groups is 1. The number of hydrogen-bond donors (Lipinski definition) is 1. The predicted molar refractivity (Wildman–Crippen MR) is 111 cm³/mol. The Morgan fingerprint density at radius 3 is 2.70 bits per heavy atom. The standard InChI is InChI=1S/C20H25ClN2O2S2/c21-15-8-6-14(7-9-15)13-17-20-18(10-11-22-17)26-19(23-20)5-2-12-27(24,25)16-3-1-4-16/h6-9,16-17,22H,1-5,10-13H2. The molecule has 1 N–H and O–H groups in total. The van der Waals surface area contributed by atoms with Crippen LogP contribution in [0.4, 0.5) is 0 Å². The molecule has 1 aromatic heterocycles. The molecule has 4 nitrogen and oxygen atoms in total. The minimum Gasteiger partial charge on any atom is -0.308 e. The summed E-state index contributed by atoms with van der Waals surface area (Å²) in [5.74, 6) is 0.300. The minimum absolute atomic E-state index is 0.0741. The van der Waals surface area contributed by atoms with E-state index in [-0.39, 0.29) is 11.3 Å². The van der Waals surface area contributed by atoms with Gasteiger partial charge in [0.25, 0.3) is 0 Å². The van der Waals surface area contributed by atoms with Crippen molar-refractivity contribution in [1.29, 1.82) is 0 Å². The summed E-state index contributed by atoms with van der Waals surface area (Å²) in [6.45, 7) is 0.961. The maximum Gasteiger partial charge on any atom is 0.153 e. The Kier molecular flexibility index (Phi) is 5.88. The Morgan fingerprint density at radius 1 is 1.22 bits per heavy atom. The Balaban J connectivity index is 1.39. The fourth-order valence-electron chi connectivity index (χ4n) is 3.78. The molecule has 0 bridgehead atoms. The van der Waals surface area contributed by atoms with Gasteiger partial charge in [0.2, 0.25) is 0 Å². The van der Waals surface area contributed by atoms with Gasteiger partial charge in [-0.1, -0.05) is 30.2 Å². The summed E-state index contributed by atoms with van der Waals surface area (Å²) in [6, 6.07) is 8.21. The molecule has 0 saturated heterocycles. The first kappa shape index (κ1) is 19.4. The van der Waals surface area contributed by atoms with Gasteiger partial charge in [0.15, 0.2) is 9.84 Å². The highest BCUT2D eigenvalue weighted by Gasteiger charge is 2.30. The quantitative estimate of drug-likeness (QED) is 0.726. The molecule has 0 amide bonds. The van der Waals surface area contributed by atoms with E-state index in [0.29, 0.717) is 12.2 Å². The molecule has 2 aromatic rings. The molecule has 1 atom stereocenters. The number of benzene rings is 1. The molecule has 0 radical (unpaired) electrons. The lowest BCUT2D eigenvalue weighted by atomic mass is 9.99. The van der Waals surface area contributed by atoms with Crippen LogP contribution in [-0.2, 0) is 29.1 Å². The number of nitrogens with zero attached hydrogens (tertiary/aromatic N) is 1. The Labute approximate surface area is 170 Å². The number of nitrogens with one attached hydrogen (secondary N) is 1. The molecule has 1 aliphatic carbocycles. The van der Waals surface area contributed by atoms with Gasteiger partial charge in [-0.3, -0.25) is 0 Å². The van der Waals surface area contributed by atoms with Crippen LogP contribution in [0.2, 0.25) is 5.02 Å². The first-order valence-corrected chi connectivity index (χ1v) is 12.6. The second-order valence-corrected chi connectivity index (χ2v) is 11.5. The number of fused-ring (bicyclic) bond motifs is 1. The summed E-state index contributed by atoms with van der Waals surface area (Å²) < 4.78 is 24.5. The molecule has 2 heterocycles. The van der Waals surface area contributed by atoms with E-state index < -0.39 is 9.84 Å². The molecule has 2 aliphatic rings. The van der Waals surface area contributed by atoms with Gasteiger partial charge in [-0.15, -0.1) is 11.3 Å². The lowest BCUT2D eigenvalue weighted by Crippen LogP contribution is -2.31. The van der Waals surface area contributed by atoms with Crippen molar-refractivity contribution in [3.05, 3.63) is 50.4 Å². The van der Waals surface area contributed by atoms with Gasteiger partial charge in [0.05, 0.1) is 27.7 Å². The molecule has 4 rings (SSSR count). The summed E-state index contributed by atoms with van der Waals surface area (Å²) in [6.07, 6.45) is 6.11. The van der Waals surface area contributed by atoms with E-state index in [2.05, 4.69) is 17.4 Å². The highest BCUT2D eigenvalue weighted by Crippen LogP contribution is 2.31. The highest BCUT2D eigenvalue weighted by molar-refractivity contribution is 7.92. The topological polar surface area (TPSA) is 59.1 Å². The fourth-order valence-corrected chi connectivity index (χ4v) is 7.00. The van der Waals surface area contributed by atoms with E-state index in [9.17, 15) is 8.42 Å². The Bertz CT molecular complexity index is 889. The van der Waals surface area contributed by atoms with E-state index in [1.54, 1.807) is 11.3 Å². The normalized spacial score (nSPS) is 20.3. The van der Waals surface area contributed by atoms with Crippen molar-refractivity contribution >= 4 is 32.8 Å². The summed E-state index contributed by atoms with van der Waals surface area (Å²) in [5.41, 5.74) is 2.39. The van der Waals surface area contributed by atoms with Crippen LogP contribution in [0.5, 0.6) is 0 Å². The van der Waals surface area contributed by atoms with E-state index in [4.69, 9.17) is 16.6 Å². The van der Waals surface area contributed by atoms with Crippen LogP contribution in [-0.4, -0.2) is 30.9 Å². The van der Waals surface area contributed by atoms with Crippen LogP contribution < -0.4 is 5.32 Å². The Hall–Kier alpha value is -0.950. The van der Waals surface area contributed by atoms with Gasteiger partial charge < -0.3 is 5.32 Å². The lowest BCUT2D eigenvalue weighted by molar-refractivity contribution is 0.475. The van der Waals surface area contributed by atoms with Crippen LogP contribution >= 0.6 is 22.9 Å². The molecule has 27 heavy (non-hydrogen) atoms. The summed E-state index contributed by atoms with van der Waals surface area (Å²) >= 11 is 7.75. The second-order valence-electron chi connectivity index (χ2n) is 7.53. The van der Waals surface area contributed by atoms with Gasteiger partial charge in [-0.25, -0.2) is 13.4 Å².